The van der Waals surface area contributed by atoms with Gasteiger partial charge in [0, 0.05) is 6.42 Å². The summed E-state index contributed by atoms with van der Waals surface area (Å²) in [7, 11) is 0. The summed E-state index contributed by atoms with van der Waals surface area (Å²) < 4.78 is 0. The minimum atomic E-state index is 0.317. The van der Waals surface area contributed by atoms with E-state index < -0.39 is 0 Å². The molecule has 0 aromatic heterocycles. The number of fused-ring (bicyclic) bond motifs is 5. The highest BCUT2D eigenvalue weighted by molar-refractivity contribution is 5.91. The highest BCUT2D eigenvalue weighted by atomic mass is 16.1. The number of carbonyl (C=O) groups is 1. The number of hydrogen-bond acceptors (Lipinski definition) is 1. The van der Waals surface area contributed by atoms with Crippen LogP contribution in [-0.2, 0) is 4.79 Å². The van der Waals surface area contributed by atoms with E-state index in [2.05, 4.69) is 47.3 Å². The van der Waals surface area contributed by atoms with Gasteiger partial charge in [0.05, 0.1) is 0 Å². The van der Waals surface area contributed by atoms with Crippen LogP contribution in [0.4, 0.5) is 0 Å². The Morgan fingerprint density at radius 3 is 2.57 bits per heavy atom. The molecule has 168 valence electrons. The van der Waals surface area contributed by atoms with Crippen molar-refractivity contribution in [3.63, 3.8) is 0 Å². The van der Waals surface area contributed by atoms with Gasteiger partial charge in [0.25, 0.3) is 0 Å². The Bertz CT molecular complexity index is 716. The van der Waals surface area contributed by atoms with E-state index in [1.807, 2.05) is 0 Å². The van der Waals surface area contributed by atoms with Crippen LogP contribution < -0.4 is 0 Å². The number of carbonyl (C=O) groups excluding carboxylic acids is 1. The summed E-state index contributed by atoms with van der Waals surface area (Å²) in [5.41, 5.74) is 3.76. The number of ketones is 1. The average molecular weight is 411 g/mol. The Morgan fingerprint density at radius 1 is 1.10 bits per heavy atom. The van der Waals surface area contributed by atoms with Crippen molar-refractivity contribution in [2.75, 3.05) is 0 Å². The quantitative estimate of drug-likeness (QED) is 0.404. The van der Waals surface area contributed by atoms with Crippen LogP contribution in [0, 0.1) is 46.3 Å². The molecule has 0 saturated heterocycles. The molecule has 1 nitrogen and oxygen atoms in total. The maximum atomic E-state index is 12.1. The summed E-state index contributed by atoms with van der Waals surface area (Å²) in [5, 5.41) is 0. The first kappa shape index (κ1) is 22.3. The van der Waals surface area contributed by atoms with Crippen LogP contribution in [0.15, 0.2) is 23.8 Å². The van der Waals surface area contributed by atoms with Gasteiger partial charge in [-0.3, -0.25) is 4.79 Å². The molecule has 0 unspecified atom stereocenters. The van der Waals surface area contributed by atoms with Gasteiger partial charge in [-0.1, -0.05) is 45.4 Å². The van der Waals surface area contributed by atoms with Gasteiger partial charge >= 0.3 is 0 Å². The molecule has 4 rings (SSSR count). The van der Waals surface area contributed by atoms with Gasteiger partial charge in [0.15, 0.2) is 5.78 Å². The molecule has 8 atom stereocenters. The molecule has 0 aliphatic heterocycles. The molecule has 3 fully saturated rings. The standard InChI is InChI=1S/C29H46O/c1-7-21(19(2)3)9-8-20(4)25-12-13-26-24-11-10-22-18-23(30)14-16-28(22,5)27(24)15-17-29(25,26)6/h18,20-21,24-27H,2,7-17H2,1,3-6H3/t20-,21+,24+,25-,26+,27+,28+,29-/m1/s1. The van der Waals surface area contributed by atoms with E-state index in [4.69, 9.17) is 0 Å². The molecule has 4 aliphatic rings. The van der Waals surface area contributed by atoms with E-state index in [1.165, 1.54) is 68.9 Å². The maximum Gasteiger partial charge on any atom is 0.155 e. The smallest absolute Gasteiger partial charge is 0.155 e. The van der Waals surface area contributed by atoms with Gasteiger partial charge in [-0.2, -0.15) is 0 Å². The Labute approximate surface area is 186 Å². The second kappa shape index (κ2) is 8.25. The molecule has 4 aliphatic carbocycles. The van der Waals surface area contributed by atoms with Crippen LogP contribution in [0.2, 0.25) is 0 Å². The summed E-state index contributed by atoms with van der Waals surface area (Å²) in [6.45, 7) is 16.5. The molecule has 0 N–H and O–H groups in total. The SMILES string of the molecule is C=C(C)[C@@H](CC)CC[C@@H](C)[C@H]1CC[C@H]2[C@@H]3CCC4=CC(=O)CC[C@]4(C)[C@H]3CC[C@]12C. The van der Waals surface area contributed by atoms with Gasteiger partial charge in [-0.25, -0.2) is 0 Å². The lowest BCUT2D eigenvalue weighted by molar-refractivity contribution is -0.117. The summed E-state index contributed by atoms with van der Waals surface area (Å²) in [6, 6.07) is 0. The summed E-state index contributed by atoms with van der Waals surface area (Å²) >= 11 is 0. The predicted molar refractivity (Wildman–Crippen MR) is 127 cm³/mol. The highest BCUT2D eigenvalue weighted by Gasteiger charge is 2.59. The predicted octanol–water partition coefficient (Wildman–Crippen LogP) is 8.15. The minimum Gasteiger partial charge on any atom is -0.295 e. The first-order chi connectivity index (χ1) is 14.2. The normalized spacial score (nSPS) is 42.6. The number of hydrogen-bond donors (Lipinski definition) is 0. The van der Waals surface area contributed by atoms with E-state index >= 15 is 0 Å². The molecule has 0 bridgehead atoms. The van der Waals surface area contributed by atoms with Gasteiger partial charge in [-0.15, -0.1) is 0 Å². The summed E-state index contributed by atoms with van der Waals surface area (Å²) in [5.74, 6) is 5.49. The second-order valence-corrected chi connectivity index (χ2v) is 12.2. The average Bonchev–Trinajstić information content (AvgIpc) is 3.06. The lowest BCUT2D eigenvalue weighted by atomic mass is 9.46. The zero-order valence-electron chi connectivity index (χ0n) is 20.4. The van der Waals surface area contributed by atoms with E-state index in [0.29, 0.717) is 22.5 Å². The molecule has 0 aromatic rings. The monoisotopic (exact) mass is 410 g/mol. The van der Waals surface area contributed by atoms with Gasteiger partial charge in [0.2, 0.25) is 0 Å². The molecule has 0 spiro atoms. The van der Waals surface area contributed by atoms with E-state index in [9.17, 15) is 4.79 Å². The van der Waals surface area contributed by atoms with Crippen LogP contribution in [0.25, 0.3) is 0 Å². The van der Waals surface area contributed by atoms with Crippen molar-refractivity contribution in [2.24, 2.45) is 46.3 Å². The van der Waals surface area contributed by atoms with Crippen molar-refractivity contribution >= 4 is 5.78 Å². The van der Waals surface area contributed by atoms with Crippen molar-refractivity contribution < 1.29 is 4.79 Å². The third-order valence-corrected chi connectivity index (χ3v) is 10.9. The van der Waals surface area contributed by atoms with Gasteiger partial charge in [0.1, 0.15) is 0 Å². The van der Waals surface area contributed by atoms with Crippen molar-refractivity contribution in [2.45, 2.75) is 105 Å². The molecule has 30 heavy (non-hydrogen) atoms. The number of allylic oxidation sites excluding steroid dienone is 2. The third kappa shape index (κ3) is 3.57. The van der Waals surface area contributed by atoms with Crippen molar-refractivity contribution in [1.82, 2.24) is 0 Å². The zero-order chi connectivity index (χ0) is 21.7. The van der Waals surface area contributed by atoms with E-state index in [1.54, 1.807) is 0 Å². The lowest BCUT2D eigenvalue weighted by Crippen LogP contribution is -2.51. The van der Waals surface area contributed by atoms with Crippen molar-refractivity contribution in [1.29, 1.82) is 0 Å². The Morgan fingerprint density at radius 2 is 1.87 bits per heavy atom. The van der Waals surface area contributed by atoms with Crippen LogP contribution in [0.1, 0.15) is 105 Å². The largest absolute Gasteiger partial charge is 0.295 e. The molecule has 0 aromatic carbocycles. The molecule has 0 amide bonds. The minimum absolute atomic E-state index is 0.317. The Balaban J connectivity index is 1.48. The van der Waals surface area contributed by atoms with Crippen LogP contribution in [-0.4, -0.2) is 5.78 Å². The summed E-state index contributed by atoms with van der Waals surface area (Å²) in [4.78, 5) is 12.1. The van der Waals surface area contributed by atoms with Crippen LogP contribution >= 0.6 is 0 Å². The van der Waals surface area contributed by atoms with Crippen LogP contribution in [0.5, 0.6) is 0 Å². The van der Waals surface area contributed by atoms with Gasteiger partial charge in [-0.05, 0) is 124 Å². The van der Waals surface area contributed by atoms with Crippen molar-refractivity contribution in [3.05, 3.63) is 23.8 Å². The molecule has 0 heterocycles. The fourth-order valence-electron chi connectivity index (χ4n) is 9.00. The second-order valence-electron chi connectivity index (χ2n) is 12.2. The number of rotatable bonds is 6. The Kier molecular flexibility index (Phi) is 6.15. The molecule has 0 radical (unpaired) electrons. The summed E-state index contributed by atoms with van der Waals surface area (Å²) in [6.07, 6.45) is 16.1. The fourth-order valence-corrected chi connectivity index (χ4v) is 9.00. The van der Waals surface area contributed by atoms with Crippen LogP contribution in [0.3, 0.4) is 0 Å². The molecule has 3 saturated carbocycles. The Hall–Kier alpha value is -0.850. The van der Waals surface area contributed by atoms with E-state index in [-0.39, 0.29) is 0 Å². The molecule has 1 heteroatoms. The third-order valence-electron chi connectivity index (χ3n) is 10.9. The zero-order valence-corrected chi connectivity index (χ0v) is 20.4. The molecular formula is C29H46O. The molecular weight excluding hydrogens is 364 g/mol. The first-order valence-electron chi connectivity index (χ1n) is 13.1. The lowest BCUT2D eigenvalue weighted by Gasteiger charge is -2.58. The van der Waals surface area contributed by atoms with Crippen molar-refractivity contribution in [3.8, 4) is 0 Å². The fraction of sp³-hybridized carbons (Fsp3) is 0.828. The van der Waals surface area contributed by atoms with Gasteiger partial charge < -0.3 is 0 Å². The van der Waals surface area contributed by atoms with E-state index in [0.717, 1.165) is 42.4 Å². The topological polar surface area (TPSA) is 17.1 Å². The first-order valence-corrected chi connectivity index (χ1v) is 13.1. The highest BCUT2D eigenvalue weighted by Crippen LogP contribution is 2.67. The maximum absolute atomic E-state index is 12.1.